The third-order valence-corrected chi connectivity index (χ3v) is 21.4. The van der Waals surface area contributed by atoms with Gasteiger partial charge in [-0.1, -0.05) is 85.4 Å². The van der Waals surface area contributed by atoms with Crippen LogP contribution in [0.4, 0.5) is 0 Å². The van der Waals surface area contributed by atoms with Crippen LogP contribution < -0.4 is 21.2 Å². The van der Waals surface area contributed by atoms with E-state index in [9.17, 15) is 0 Å². The van der Waals surface area contributed by atoms with Gasteiger partial charge >= 0.3 is 0 Å². The molecule has 0 aliphatic carbocycles. The molecule has 0 saturated carbocycles. The zero-order valence-corrected chi connectivity index (χ0v) is 20.8. The average Bonchev–Trinajstić information content (AvgIpc) is 2.84. The fourth-order valence-electron chi connectivity index (χ4n) is 3.69. The fraction of sp³-hybridized carbons (Fsp3) is 0.0400. The summed E-state index contributed by atoms with van der Waals surface area (Å²) in [5.74, 6) is 0. The lowest BCUT2D eigenvalue weighted by Crippen LogP contribution is -2.32. The quantitative estimate of drug-likeness (QED) is 0.211. The van der Waals surface area contributed by atoms with Crippen LogP contribution in [0.3, 0.4) is 0 Å². The highest BCUT2D eigenvalue weighted by molar-refractivity contribution is 8.69. The summed E-state index contributed by atoms with van der Waals surface area (Å²) < 4.78 is -0.0636. The van der Waals surface area contributed by atoms with Crippen molar-refractivity contribution >= 4 is 71.3 Å². The molecule has 4 aromatic carbocycles. The van der Waals surface area contributed by atoms with Gasteiger partial charge < -0.3 is 0 Å². The highest BCUT2D eigenvalue weighted by Gasteiger charge is 2.63. The van der Waals surface area contributed by atoms with E-state index in [0.29, 0.717) is 0 Å². The van der Waals surface area contributed by atoms with E-state index in [2.05, 4.69) is 121 Å². The molecule has 0 saturated heterocycles. The van der Waals surface area contributed by atoms with Gasteiger partial charge in [-0.2, -0.15) is 0 Å². The largest absolute Gasteiger partial charge is 0.249 e. The predicted molar refractivity (Wildman–Crippen MR) is 149 cm³/mol. The molecule has 0 aliphatic rings. The van der Waals surface area contributed by atoms with Crippen molar-refractivity contribution in [3.05, 3.63) is 121 Å². The van der Waals surface area contributed by atoms with Crippen LogP contribution in [0.1, 0.15) is 0 Å². The summed E-state index contributed by atoms with van der Waals surface area (Å²) in [6, 6.07) is 42.4. The summed E-state index contributed by atoms with van der Waals surface area (Å²) in [5, 5.41) is 4.91. The summed E-state index contributed by atoms with van der Waals surface area (Å²) in [7, 11) is 0. The summed E-state index contributed by atoms with van der Waals surface area (Å²) >= 11 is 16.4. The minimum atomic E-state index is -2.19. The number of hydrogen-bond donors (Lipinski definition) is 3. The molecule has 4 aromatic rings. The number of benzene rings is 4. The van der Waals surface area contributed by atoms with Gasteiger partial charge in [0.25, 0.3) is 0 Å². The number of rotatable bonds is 6. The van der Waals surface area contributed by atoms with Crippen molar-refractivity contribution in [2.45, 2.75) is 4.73 Å². The van der Waals surface area contributed by atoms with Crippen molar-refractivity contribution in [3.8, 4) is 0 Å². The van der Waals surface area contributed by atoms with Crippen molar-refractivity contribution in [1.82, 2.24) is 0 Å². The molecular formula is C25H24P2S3+2. The Bertz CT molecular complexity index is 906. The maximum atomic E-state index is 5.50. The first kappa shape index (κ1) is 22.0. The van der Waals surface area contributed by atoms with Gasteiger partial charge in [0, 0.05) is 24.5 Å². The molecule has 30 heavy (non-hydrogen) atoms. The van der Waals surface area contributed by atoms with E-state index in [-0.39, 0.29) is 4.73 Å². The smallest absolute Gasteiger partial charge is 0.0913 e. The second-order valence-electron chi connectivity index (χ2n) is 7.06. The van der Waals surface area contributed by atoms with Crippen LogP contribution in [0.2, 0.25) is 0 Å². The van der Waals surface area contributed by atoms with E-state index in [0.717, 1.165) is 0 Å². The molecule has 0 nitrogen and oxygen atoms in total. The summed E-state index contributed by atoms with van der Waals surface area (Å²) in [6.07, 6.45) is 0. The van der Waals surface area contributed by atoms with Gasteiger partial charge in [-0.05, 0) is 48.5 Å². The zero-order valence-electron chi connectivity index (χ0n) is 16.4. The van der Waals surface area contributed by atoms with E-state index in [1.54, 1.807) is 0 Å². The molecule has 0 fully saturated rings. The van der Waals surface area contributed by atoms with Crippen LogP contribution in [-0.4, -0.2) is 4.73 Å². The van der Waals surface area contributed by atoms with E-state index in [1.165, 1.54) is 21.2 Å². The Morgan fingerprint density at radius 3 is 0.800 bits per heavy atom. The molecule has 0 spiro atoms. The van der Waals surface area contributed by atoms with Crippen molar-refractivity contribution in [1.29, 1.82) is 0 Å². The maximum Gasteiger partial charge on any atom is 0.249 e. The first-order valence-corrected chi connectivity index (χ1v) is 16.2. The molecule has 0 amide bonds. The lowest BCUT2D eigenvalue weighted by molar-refractivity contribution is 1.71. The SMILES string of the molecule is SC([P+](S)(c1ccccc1)c1ccccc1)[P+](S)(c1ccccc1)c1ccccc1. The monoisotopic (exact) mass is 482 g/mol. The van der Waals surface area contributed by atoms with Crippen molar-refractivity contribution in [2.75, 3.05) is 0 Å². The number of hydrogen-bond acceptors (Lipinski definition) is 3. The second kappa shape index (κ2) is 9.51. The Morgan fingerprint density at radius 1 is 0.400 bits per heavy atom. The van der Waals surface area contributed by atoms with Gasteiger partial charge in [0.15, 0.2) is 12.9 Å². The molecule has 0 radical (unpaired) electrons. The predicted octanol–water partition coefficient (Wildman–Crippen LogP) is 6.23. The van der Waals surface area contributed by atoms with Crippen LogP contribution in [0.15, 0.2) is 121 Å². The third kappa shape index (κ3) is 3.99. The molecule has 0 N–H and O–H groups in total. The minimum Gasteiger partial charge on any atom is -0.0913 e. The molecule has 0 atom stereocenters. The molecule has 4 rings (SSSR count). The lowest BCUT2D eigenvalue weighted by atomic mass is 10.4. The molecule has 5 heteroatoms. The summed E-state index contributed by atoms with van der Waals surface area (Å²) in [4.78, 5) is 0. The zero-order chi connectivity index (χ0) is 21.0. The third-order valence-electron chi connectivity index (χ3n) is 5.27. The Balaban J connectivity index is 1.98. The van der Waals surface area contributed by atoms with E-state index >= 15 is 0 Å². The van der Waals surface area contributed by atoms with Gasteiger partial charge in [-0.25, -0.2) is 0 Å². The van der Waals surface area contributed by atoms with Crippen molar-refractivity contribution < 1.29 is 0 Å². The molecular weight excluding hydrogens is 458 g/mol. The number of thiol groups is 3. The standard InChI is InChI=1S/C25H23P2S3/c28-25(26(29,21-13-5-1-6-14-21)22-15-7-2-8-16-22)27(30,23-17-9-3-10-18-23)24-19-11-4-12-20-24/h1-20,25,29-30H/q+1/p+1. The topological polar surface area (TPSA) is 0 Å². The highest BCUT2D eigenvalue weighted by Crippen LogP contribution is 2.83. The first-order valence-electron chi connectivity index (χ1n) is 9.71. The lowest BCUT2D eigenvalue weighted by Gasteiger charge is -2.32. The van der Waals surface area contributed by atoms with Gasteiger partial charge in [0.1, 0.15) is 21.2 Å². The molecule has 0 heterocycles. The van der Waals surface area contributed by atoms with Crippen LogP contribution in [0.25, 0.3) is 0 Å². The molecule has 0 unspecified atom stereocenters. The van der Waals surface area contributed by atoms with Gasteiger partial charge in [-0.15, -0.1) is 0 Å². The normalized spacial score (nSPS) is 12.1. The Labute approximate surface area is 196 Å². The molecule has 0 aliphatic heterocycles. The van der Waals surface area contributed by atoms with E-state index in [4.69, 9.17) is 37.1 Å². The van der Waals surface area contributed by atoms with Gasteiger partial charge in [-0.3, -0.25) is 0 Å². The van der Waals surface area contributed by atoms with Crippen LogP contribution in [-0.2, 0) is 0 Å². The maximum absolute atomic E-state index is 5.50. The van der Waals surface area contributed by atoms with E-state index in [1.807, 2.05) is 0 Å². The minimum absolute atomic E-state index is 0.0636. The average molecular weight is 483 g/mol. The van der Waals surface area contributed by atoms with Crippen LogP contribution in [0.5, 0.6) is 0 Å². The Morgan fingerprint density at radius 2 is 0.600 bits per heavy atom. The van der Waals surface area contributed by atoms with Crippen LogP contribution >= 0.6 is 50.1 Å². The Hall–Kier alpha value is -1.21. The molecule has 150 valence electrons. The second-order valence-corrected chi connectivity index (χ2v) is 18.4. The van der Waals surface area contributed by atoms with Gasteiger partial charge in [0.2, 0.25) is 4.73 Å². The van der Waals surface area contributed by atoms with Crippen molar-refractivity contribution in [3.63, 3.8) is 0 Å². The Kier molecular flexibility index (Phi) is 6.98. The highest BCUT2D eigenvalue weighted by atomic mass is 32.7. The van der Waals surface area contributed by atoms with Gasteiger partial charge in [0.05, 0.1) is 0 Å². The first-order chi connectivity index (χ1) is 14.6. The van der Waals surface area contributed by atoms with E-state index < -0.39 is 12.9 Å². The fourth-order valence-corrected chi connectivity index (χ4v) is 18.1. The summed E-state index contributed by atoms with van der Waals surface area (Å²) in [5.41, 5.74) is 0. The molecule has 0 aromatic heterocycles. The van der Waals surface area contributed by atoms with Crippen molar-refractivity contribution in [2.24, 2.45) is 0 Å². The molecule has 0 bridgehead atoms. The summed E-state index contributed by atoms with van der Waals surface area (Å²) in [6.45, 7) is -4.37. The van der Waals surface area contributed by atoms with Crippen LogP contribution in [0, 0.1) is 0 Å².